The topological polar surface area (TPSA) is 35.8 Å². The molecule has 0 fully saturated rings. The van der Waals surface area contributed by atoms with E-state index in [1.165, 1.54) is 10.6 Å². The predicted octanol–water partition coefficient (Wildman–Crippen LogP) is 3.47. The lowest BCUT2D eigenvalue weighted by Gasteiger charge is -2.20. The third-order valence-corrected chi connectivity index (χ3v) is 3.92. The van der Waals surface area contributed by atoms with E-state index in [2.05, 4.69) is 43.4 Å². The van der Waals surface area contributed by atoms with E-state index in [0.717, 1.165) is 17.9 Å². The number of rotatable bonds is 2. The average Bonchev–Trinajstić information content (AvgIpc) is 2.29. The van der Waals surface area contributed by atoms with Crippen LogP contribution >= 0.6 is 11.8 Å². The molecule has 1 aliphatic heterocycles. The van der Waals surface area contributed by atoms with E-state index >= 15 is 0 Å². The lowest BCUT2D eigenvalue weighted by molar-refractivity contribution is 0.587. The number of fused-ring (bicyclic) bond motifs is 1. The highest BCUT2D eigenvalue weighted by atomic mass is 32.2. The molecule has 1 N–H and O–H groups in total. The molecule has 0 saturated carbocycles. The zero-order chi connectivity index (χ0) is 11.5. The van der Waals surface area contributed by atoms with Crippen molar-refractivity contribution in [3.05, 3.63) is 23.8 Å². The van der Waals surface area contributed by atoms with E-state index in [0.29, 0.717) is 5.92 Å². The molecule has 2 rings (SSSR count). The summed E-state index contributed by atoms with van der Waals surface area (Å²) in [5.41, 5.74) is 2.32. The molecule has 0 spiro atoms. The number of nitrogens with zero attached hydrogens (tertiary/aromatic N) is 1. The highest BCUT2D eigenvalue weighted by molar-refractivity contribution is 7.99. The van der Waals surface area contributed by atoms with Gasteiger partial charge in [0.15, 0.2) is 0 Å². The summed E-state index contributed by atoms with van der Waals surface area (Å²) in [6.07, 6.45) is 0. The van der Waals surface area contributed by atoms with Crippen LogP contribution in [0.1, 0.15) is 25.3 Å². The van der Waals surface area contributed by atoms with Crippen molar-refractivity contribution in [1.82, 2.24) is 0 Å². The zero-order valence-electron chi connectivity index (χ0n) is 9.66. The fourth-order valence-electron chi connectivity index (χ4n) is 1.96. The molecule has 0 aliphatic carbocycles. The van der Waals surface area contributed by atoms with E-state index in [4.69, 9.17) is 0 Å². The van der Waals surface area contributed by atoms with Gasteiger partial charge < -0.3 is 5.32 Å². The number of hydrogen-bond donors (Lipinski definition) is 1. The van der Waals surface area contributed by atoms with Crippen LogP contribution in [0.2, 0.25) is 0 Å². The van der Waals surface area contributed by atoms with E-state index in [-0.39, 0.29) is 5.92 Å². The normalized spacial score (nSPS) is 16.1. The maximum absolute atomic E-state index is 9.18. The molecule has 1 unspecified atom stereocenters. The van der Waals surface area contributed by atoms with E-state index in [9.17, 15) is 5.26 Å². The van der Waals surface area contributed by atoms with Gasteiger partial charge in [-0.2, -0.15) is 5.26 Å². The monoisotopic (exact) mass is 232 g/mol. The molecular weight excluding hydrogens is 216 g/mol. The van der Waals surface area contributed by atoms with Crippen molar-refractivity contribution in [2.24, 2.45) is 5.92 Å². The minimum Gasteiger partial charge on any atom is -0.383 e. The smallest absolute Gasteiger partial charge is 0.0736 e. The standard InChI is InChI=1S/C13H16N2S/c1-9(2)11(8-14)10-3-4-13-12(7-10)15-5-6-16-13/h3-4,7,9,11,15H,5-6H2,1-2H3. The summed E-state index contributed by atoms with van der Waals surface area (Å²) in [6.45, 7) is 5.20. The van der Waals surface area contributed by atoms with Crippen molar-refractivity contribution < 1.29 is 0 Å². The average molecular weight is 232 g/mol. The molecule has 1 atom stereocenters. The Bertz CT molecular complexity index is 420. The third kappa shape index (κ3) is 2.17. The first-order chi connectivity index (χ1) is 7.72. The number of nitriles is 1. The molecule has 1 aromatic rings. The van der Waals surface area contributed by atoms with Gasteiger partial charge in [-0.25, -0.2) is 0 Å². The molecule has 0 bridgehead atoms. The highest BCUT2D eigenvalue weighted by Crippen LogP contribution is 2.34. The molecule has 16 heavy (non-hydrogen) atoms. The van der Waals surface area contributed by atoms with E-state index in [1.54, 1.807) is 0 Å². The second-order valence-corrected chi connectivity index (χ2v) is 5.52. The fourth-order valence-corrected chi connectivity index (χ4v) is 2.84. The number of benzene rings is 1. The quantitative estimate of drug-likeness (QED) is 0.848. The Hall–Kier alpha value is -1.14. The van der Waals surface area contributed by atoms with Gasteiger partial charge in [0.05, 0.1) is 12.0 Å². The van der Waals surface area contributed by atoms with Gasteiger partial charge in [-0.3, -0.25) is 0 Å². The van der Waals surface area contributed by atoms with Crippen LogP contribution in [0.3, 0.4) is 0 Å². The van der Waals surface area contributed by atoms with Gasteiger partial charge in [0.2, 0.25) is 0 Å². The lowest BCUT2D eigenvalue weighted by Crippen LogP contribution is -2.11. The fraction of sp³-hybridized carbons (Fsp3) is 0.462. The molecule has 3 heteroatoms. The van der Waals surface area contributed by atoms with Crippen LogP contribution in [0.4, 0.5) is 5.69 Å². The highest BCUT2D eigenvalue weighted by Gasteiger charge is 2.17. The van der Waals surface area contributed by atoms with Crippen molar-refractivity contribution in [2.45, 2.75) is 24.7 Å². The van der Waals surface area contributed by atoms with Crippen molar-refractivity contribution in [1.29, 1.82) is 5.26 Å². The Morgan fingerprint density at radius 3 is 2.94 bits per heavy atom. The summed E-state index contributed by atoms with van der Waals surface area (Å²) < 4.78 is 0. The Labute approximate surface area is 101 Å². The molecule has 0 amide bonds. The first-order valence-corrected chi connectivity index (χ1v) is 6.61. The summed E-state index contributed by atoms with van der Waals surface area (Å²) in [6, 6.07) is 8.75. The van der Waals surface area contributed by atoms with Crippen molar-refractivity contribution in [2.75, 3.05) is 17.6 Å². The summed E-state index contributed by atoms with van der Waals surface area (Å²) in [7, 11) is 0. The van der Waals surface area contributed by atoms with E-state index in [1.807, 2.05) is 11.8 Å². The summed E-state index contributed by atoms with van der Waals surface area (Å²) in [5, 5.41) is 12.6. The number of anilines is 1. The molecular formula is C13H16N2S. The van der Waals surface area contributed by atoms with Gasteiger partial charge in [0.25, 0.3) is 0 Å². The zero-order valence-corrected chi connectivity index (χ0v) is 10.5. The van der Waals surface area contributed by atoms with Crippen LogP contribution in [0.5, 0.6) is 0 Å². The maximum Gasteiger partial charge on any atom is 0.0736 e. The van der Waals surface area contributed by atoms with Crippen molar-refractivity contribution >= 4 is 17.4 Å². The molecule has 84 valence electrons. The van der Waals surface area contributed by atoms with Crippen LogP contribution in [0.15, 0.2) is 23.1 Å². The van der Waals surface area contributed by atoms with E-state index < -0.39 is 0 Å². The minimum atomic E-state index is -0.000901. The van der Waals surface area contributed by atoms with Crippen LogP contribution in [0, 0.1) is 17.2 Å². The van der Waals surface area contributed by atoms with Gasteiger partial charge in [0.1, 0.15) is 0 Å². The Morgan fingerprint density at radius 1 is 1.44 bits per heavy atom. The van der Waals surface area contributed by atoms with Crippen LogP contribution in [0.25, 0.3) is 0 Å². The van der Waals surface area contributed by atoms with Crippen LogP contribution in [-0.2, 0) is 0 Å². The van der Waals surface area contributed by atoms with Crippen molar-refractivity contribution in [3.8, 4) is 6.07 Å². The molecule has 1 aromatic carbocycles. The molecule has 0 saturated heterocycles. The molecule has 0 aromatic heterocycles. The number of hydrogen-bond acceptors (Lipinski definition) is 3. The summed E-state index contributed by atoms with van der Waals surface area (Å²) >= 11 is 1.88. The maximum atomic E-state index is 9.18. The van der Waals surface area contributed by atoms with Gasteiger partial charge in [-0.1, -0.05) is 19.9 Å². The number of thioether (sulfide) groups is 1. The molecule has 0 radical (unpaired) electrons. The SMILES string of the molecule is CC(C)C(C#N)c1ccc2c(c1)NCCS2. The van der Waals surface area contributed by atoms with Gasteiger partial charge in [-0.15, -0.1) is 11.8 Å². The van der Waals surface area contributed by atoms with Gasteiger partial charge >= 0.3 is 0 Å². The minimum absolute atomic E-state index is 0.000901. The Kier molecular flexibility index (Phi) is 3.40. The molecule has 1 heterocycles. The predicted molar refractivity (Wildman–Crippen MR) is 68.8 cm³/mol. The largest absolute Gasteiger partial charge is 0.383 e. The lowest BCUT2D eigenvalue weighted by atomic mass is 9.89. The summed E-state index contributed by atoms with van der Waals surface area (Å²) in [5.74, 6) is 1.48. The molecule has 2 nitrogen and oxygen atoms in total. The first-order valence-electron chi connectivity index (χ1n) is 5.62. The van der Waals surface area contributed by atoms with Crippen molar-refractivity contribution in [3.63, 3.8) is 0 Å². The second-order valence-electron chi connectivity index (χ2n) is 4.38. The Balaban J connectivity index is 2.33. The first kappa shape index (κ1) is 11.3. The third-order valence-electron chi connectivity index (χ3n) is 2.84. The second kappa shape index (κ2) is 4.80. The molecule has 1 aliphatic rings. The summed E-state index contributed by atoms with van der Waals surface area (Å²) in [4.78, 5) is 1.30. The Morgan fingerprint density at radius 2 is 2.25 bits per heavy atom. The number of nitrogens with one attached hydrogen (secondary N) is 1. The van der Waals surface area contributed by atoms with Crippen LogP contribution < -0.4 is 5.32 Å². The van der Waals surface area contributed by atoms with Gasteiger partial charge in [-0.05, 0) is 23.6 Å². The van der Waals surface area contributed by atoms with Crippen LogP contribution in [-0.4, -0.2) is 12.3 Å². The van der Waals surface area contributed by atoms with Gasteiger partial charge in [0, 0.05) is 22.9 Å².